The Kier molecular flexibility index (Phi) is 10.1. The van der Waals surface area contributed by atoms with E-state index < -0.39 is 30.0 Å². The van der Waals surface area contributed by atoms with Gasteiger partial charge in [0, 0.05) is 12.5 Å². The Morgan fingerprint density at radius 3 is 2.05 bits per heavy atom. The van der Waals surface area contributed by atoms with Crippen LogP contribution in [0.1, 0.15) is 51.9 Å². The van der Waals surface area contributed by atoms with E-state index in [2.05, 4.69) is 5.32 Å². The molecule has 0 spiro atoms. The largest absolute Gasteiger partial charge is 0.481 e. The van der Waals surface area contributed by atoms with Crippen LogP contribution in [0.25, 0.3) is 0 Å². The molecule has 0 radical (unpaired) electrons. The first-order valence-electron chi connectivity index (χ1n) is 7.43. The predicted molar refractivity (Wildman–Crippen MR) is 79.6 cm³/mol. The lowest BCUT2D eigenvalue weighted by Crippen LogP contribution is -2.42. The van der Waals surface area contributed by atoms with Crippen molar-refractivity contribution >= 4 is 17.9 Å². The summed E-state index contributed by atoms with van der Waals surface area (Å²) >= 11 is 0. The summed E-state index contributed by atoms with van der Waals surface area (Å²) in [5, 5.41) is 28.0. The molecule has 0 aromatic rings. The van der Waals surface area contributed by atoms with Crippen LogP contribution in [0.4, 0.5) is 0 Å². The Hall–Kier alpha value is -1.67. The van der Waals surface area contributed by atoms with Crippen molar-refractivity contribution in [2.45, 2.75) is 70.0 Å². The number of carbonyl (C=O) groups is 3. The summed E-state index contributed by atoms with van der Waals surface area (Å²) in [5.74, 6) is -2.95. The molecule has 1 fully saturated rings. The van der Waals surface area contributed by atoms with Crippen molar-refractivity contribution in [3.8, 4) is 0 Å². The van der Waals surface area contributed by atoms with Crippen molar-refractivity contribution in [3.63, 3.8) is 0 Å². The van der Waals surface area contributed by atoms with Gasteiger partial charge in [-0.1, -0.05) is 19.3 Å². The molecule has 1 aliphatic rings. The van der Waals surface area contributed by atoms with Crippen molar-refractivity contribution in [2.75, 3.05) is 0 Å². The molecule has 6 N–H and O–H groups in total. The zero-order valence-electron chi connectivity index (χ0n) is 12.8. The standard InChI is InChI=1S/C9H17NO2.C5H9NO4/c1-7(9(11)12)10-8-5-3-2-4-6-8;6-3(5(9)10)1-2-4(7)8/h7-8,10H,2-6H2,1H3,(H,11,12);3H,1-2,6H2,(H,7,8)(H,9,10)/t7-;3-/m00/s1. The molecule has 1 rings (SSSR count). The predicted octanol–water partition coefficient (Wildman–Crippen LogP) is 0.645. The Balaban J connectivity index is 0.000000409. The highest BCUT2D eigenvalue weighted by atomic mass is 16.4. The van der Waals surface area contributed by atoms with Crippen LogP contribution in [0.5, 0.6) is 0 Å². The summed E-state index contributed by atoms with van der Waals surface area (Å²) in [5.41, 5.74) is 5.00. The van der Waals surface area contributed by atoms with Crippen LogP contribution >= 0.6 is 0 Å². The molecule has 0 bridgehead atoms. The fourth-order valence-corrected chi connectivity index (χ4v) is 2.10. The summed E-state index contributed by atoms with van der Waals surface area (Å²) in [4.78, 5) is 30.4. The third kappa shape index (κ3) is 10.1. The Labute approximate surface area is 129 Å². The minimum Gasteiger partial charge on any atom is -0.481 e. The second kappa shape index (κ2) is 11.0. The van der Waals surface area contributed by atoms with Crippen LogP contribution in [0.15, 0.2) is 0 Å². The summed E-state index contributed by atoms with van der Waals surface area (Å²) < 4.78 is 0. The summed E-state index contributed by atoms with van der Waals surface area (Å²) in [6, 6.07) is -1.02. The lowest BCUT2D eigenvalue weighted by Gasteiger charge is -2.24. The summed E-state index contributed by atoms with van der Waals surface area (Å²) in [6.45, 7) is 1.71. The zero-order valence-corrected chi connectivity index (χ0v) is 12.8. The van der Waals surface area contributed by atoms with Gasteiger partial charge in [0.15, 0.2) is 0 Å². The fraction of sp³-hybridized carbons (Fsp3) is 0.786. The van der Waals surface area contributed by atoms with E-state index in [4.69, 9.17) is 21.1 Å². The zero-order chi connectivity index (χ0) is 17.1. The van der Waals surface area contributed by atoms with Gasteiger partial charge in [0.05, 0.1) is 0 Å². The highest BCUT2D eigenvalue weighted by molar-refractivity contribution is 5.74. The van der Waals surface area contributed by atoms with Crippen LogP contribution < -0.4 is 11.1 Å². The minimum absolute atomic E-state index is 0.0231. The molecule has 0 unspecified atom stereocenters. The van der Waals surface area contributed by atoms with Crippen LogP contribution in [0.2, 0.25) is 0 Å². The van der Waals surface area contributed by atoms with Gasteiger partial charge in [-0.3, -0.25) is 14.4 Å². The topological polar surface area (TPSA) is 150 Å². The van der Waals surface area contributed by atoms with Crippen molar-refractivity contribution in [1.82, 2.24) is 5.32 Å². The van der Waals surface area contributed by atoms with E-state index in [1.165, 1.54) is 19.3 Å². The van der Waals surface area contributed by atoms with Gasteiger partial charge in [-0.05, 0) is 26.2 Å². The molecule has 0 heterocycles. The van der Waals surface area contributed by atoms with E-state index in [0.717, 1.165) is 12.8 Å². The first-order valence-corrected chi connectivity index (χ1v) is 7.43. The molecule has 1 saturated carbocycles. The molecule has 0 amide bonds. The van der Waals surface area contributed by atoms with Crippen molar-refractivity contribution in [3.05, 3.63) is 0 Å². The summed E-state index contributed by atoms with van der Waals surface area (Å²) in [7, 11) is 0. The van der Waals surface area contributed by atoms with Gasteiger partial charge in [-0.2, -0.15) is 0 Å². The van der Waals surface area contributed by atoms with Crippen LogP contribution in [0.3, 0.4) is 0 Å². The molecule has 2 atom stereocenters. The van der Waals surface area contributed by atoms with Crippen LogP contribution in [0, 0.1) is 0 Å². The van der Waals surface area contributed by atoms with Gasteiger partial charge >= 0.3 is 17.9 Å². The lowest BCUT2D eigenvalue weighted by atomic mass is 9.95. The molecule has 1 aliphatic carbocycles. The molecule has 0 aromatic heterocycles. The Morgan fingerprint density at radius 2 is 1.64 bits per heavy atom. The van der Waals surface area contributed by atoms with E-state index in [1.807, 2.05) is 0 Å². The smallest absolute Gasteiger partial charge is 0.320 e. The van der Waals surface area contributed by atoms with E-state index in [9.17, 15) is 14.4 Å². The molecular weight excluding hydrogens is 292 g/mol. The minimum atomic E-state index is -1.17. The molecule has 8 heteroatoms. The fourth-order valence-electron chi connectivity index (χ4n) is 2.10. The Bertz CT molecular complexity index is 368. The van der Waals surface area contributed by atoms with Gasteiger partial charge in [-0.15, -0.1) is 0 Å². The molecule has 128 valence electrons. The molecule has 0 aromatic carbocycles. The number of carboxylic acids is 3. The third-order valence-electron chi connectivity index (χ3n) is 3.45. The van der Waals surface area contributed by atoms with Gasteiger partial charge in [0.1, 0.15) is 12.1 Å². The summed E-state index contributed by atoms with van der Waals surface area (Å²) in [6.07, 6.45) is 5.83. The van der Waals surface area contributed by atoms with Crippen molar-refractivity contribution < 1.29 is 29.7 Å². The molecule has 8 nitrogen and oxygen atoms in total. The van der Waals surface area contributed by atoms with Gasteiger partial charge in [0.25, 0.3) is 0 Å². The Morgan fingerprint density at radius 1 is 1.09 bits per heavy atom. The maximum atomic E-state index is 10.5. The number of nitrogens with two attached hydrogens (primary N) is 1. The third-order valence-corrected chi connectivity index (χ3v) is 3.45. The second-order valence-corrected chi connectivity index (χ2v) is 5.44. The number of hydrogen-bond donors (Lipinski definition) is 5. The average Bonchev–Trinajstić information content (AvgIpc) is 2.46. The number of hydrogen-bond acceptors (Lipinski definition) is 5. The lowest BCUT2D eigenvalue weighted by molar-refractivity contribution is -0.140. The monoisotopic (exact) mass is 318 g/mol. The normalized spacial score (nSPS) is 17.7. The van der Waals surface area contributed by atoms with Gasteiger partial charge in [-0.25, -0.2) is 0 Å². The first kappa shape index (κ1) is 20.3. The number of carboxylic acid groups (broad SMARTS) is 3. The maximum Gasteiger partial charge on any atom is 0.320 e. The van der Waals surface area contributed by atoms with E-state index in [1.54, 1.807) is 6.92 Å². The maximum absolute atomic E-state index is 10.5. The van der Waals surface area contributed by atoms with E-state index in [-0.39, 0.29) is 12.8 Å². The van der Waals surface area contributed by atoms with Crippen LogP contribution in [-0.2, 0) is 14.4 Å². The first-order chi connectivity index (χ1) is 10.2. The molecule has 0 aliphatic heterocycles. The number of rotatable bonds is 7. The SMILES string of the molecule is C[C@H](NC1CCCCC1)C(=O)O.N[C@@H](CCC(=O)O)C(=O)O. The average molecular weight is 318 g/mol. The number of aliphatic carboxylic acids is 3. The van der Waals surface area contributed by atoms with E-state index in [0.29, 0.717) is 6.04 Å². The second-order valence-electron chi connectivity index (χ2n) is 5.44. The van der Waals surface area contributed by atoms with Gasteiger partial charge < -0.3 is 26.4 Å². The van der Waals surface area contributed by atoms with Crippen LogP contribution in [-0.4, -0.2) is 51.4 Å². The van der Waals surface area contributed by atoms with Crippen molar-refractivity contribution in [2.24, 2.45) is 5.73 Å². The van der Waals surface area contributed by atoms with Crippen molar-refractivity contribution in [1.29, 1.82) is 0 Å². The quantitative estimate of drug-likeness (QED) is 0.459. The number of nitrogens with one attached hydrogen (secondary N) is 1. The highest BCUT2D eigenvalue weighted by Crippen LogP contribution is 2.17. The highest BCUT2D eigenvalue weighted by Gasteiger charge is 2.18. The molecule has 22 heavy (non-hydrogen) atoms. The van der Waals surface area contributed by atoms with E-state index >= 15 is 0 Å². The molecular formula is C14H26N2O6. The van der Waals surface area contributed by atoms with Gasteiger partial charge in [0.2, 0.25) is 0 Å². The molecule has 0 saturated heterocycles.